The zero-order chi connectivity index (χ0) is 25.8. The van der Waals surface area contributed by atoms with Crippen molar-refractivity contribution >= 4 is 37.8 Å². The van der Waals surface area contributed by atoms with Gasteiger partial charge in [0.15, 0.2) is 0 Å². The summed E-state index contributed by atoms with van der Waals surface area (Å²) in [4.78, 5) is 0. The Morgan fingerprint density at radius 3 is 1.69 bits per heavy atom. The Kier molecular flexibility index (Phi) is 8.60. The van der Waals surface area contributed by atoms with Gasteiger partial charge < -0.3 is 0 Å². The first kappa shape index (κ1) is 26.5. The van der Waals surface area contributed by atoms with Crippen molar-refractivity contribution in [3.8, 4) is 11.1 Å². The molecule has 0 aliphatic rings. The van der Waals surface area contributed by atoms with Gasteiger partial charge in [-0.25, -0.2) is 0 Å². The summed E-state index contributed by atoms with van der Waals surface area (Å²) in [5.74, 6) is 0. The Morgan fingerprint density at radius 2 is 1.11 bits per heavy atom. The van der Waals surface area contributed by atoms with Gasteiger partial charge in [-0.15, -0.1) is 46.7 Å². The van der Waals surface area contributed by atoms with Gasteiger partial charge in [0.2, 0.25) is 0 Å². The van der Waals surface area contributed by atoms with Crippen molar-refractivity contribution < 1.29 is 23.3 Å². The van der Waals surface area contributed by atoms with Crippen LogP contribution in [0, 0.1) is 27.7 Å². The summed E-state index contributed by atoms with van der Waals surface area (Å²) in [5, 5.41) is 7.90. The molecule has 0 heterocycles. The molecule has 2 heteroatoms. The Hall–Kier alpha value is -2.54. The SMILES string of the molecule is C[Si](C)=[Zr+2].Cc1[cH-]c(C)c(C)c1C.c1ccc2c(c1)cc(-c1c[cH-]c3ccccc13)c1ccccc12. The minimum Gasteiger partial charge on any atom is -0.196 e. The van der Waals surface area contributed by atoms with E-state index < -0.39 is 0 Å². The Balaban J connectivity index is 0.000000195. The summed E-state index contributed by atoms with van der Waals surface area (Å²) < 4.78 is 0. The second-order valence-electron chi connectivity index (χ2n) is 9.79. The molecule has 0 aliphatic carbocycles. The minimum absolute atomic E-state index is 0.210. The van der Waals surface area contributed by atoms with Gasteiger partial charge in [0.1, 0.15) is 0 Å². The van der Waals surface area contributed by atoms with E-state index in [9.17, 15) is 0 Å². The Labute approximate surface area is 231 Å². The molecule has 36 heavy (non-hydrogen) atoms. The van der Waals surface area contributed by atoms with E-state index >= 15 is 0 Å². The summed E-state index contributed by atoms with van der Waals surface area (Å²) >= 11 is 1.74. The maximum absolute atomic E-state index is 2.33. The van der Waals surface area contributed by atoms with E-state index in [-0.39, 0.29) is 5.43 Å². The number of hydrogen-bond donors (Lipinski definition) is 0. The van der Waals surface area contributed by atoms with E-state index in [1.807, 2.05) is 0 Å². The molecular formula is C34H34SiZr. The van der Waals surface area contributed by atoms with Crippen molar-refractivity contribution in [2.45, 2.75) is 40.8 Å². The molecule has 0 amide bonds. The molecule has 0 N–H and O–H groups in total. The first-order valence-electron chi connectivity index (χ1n) is 12.5. The average molecular weight is 562 g/mol. The van der Waals surface area contributed by atoms with Crippen LogP contribution in [0.1, 0.15) is 22.3 Å². The predicted molar refractivity (Wildman–Crippen MR) is 158 cm³/mol. The van der Waals surface area contributed by atoms with Gasteiger partial charge >= 0.3 is 41.9 Å². The predicted octanol–water partition coefficient (Wildman–Crippen LogP) is 9.96. The van der Waals surface area contributed by atoms with E-state index in [1.165, 1.54) is 65.7 Å². The molecule has 0 bridgehead atoms. The van der Waals surface area contributed by atoms with E-state index in [4.69, 9.17) is 0 Å². The minimum atomic E-state index is 0.210. The van der Waals surface area contributed by atoms with Crippen LogP contribution in [0.15, 0.2) is 97.1 Å². The van der Waals surface area contributed by atoms with Gasteiger partial charge in [-0.1, -0.05) is 93.9 Å². The average Bonchev–Trinajstić information content (AvgIpc) is 3.40. The molecule has 0 aliphatic heterocycles. The molecule has 0 spiro atoms. The smallest absolute Gasteiger partial charge is 0.0106 e. The fourth-order valence-electron chi connectivity index (χ4n) is 4.80. The van der Waals surface area contributed by atoms with Crippen molar-refractivity contribution in [1.82, 2.24) is 0 Å². The third-order valence-corrected chi connectivity index (χ3v) is 6.92. The van der Waals surface area contributed by atoms with Gasteiger partial charge in [0.25, 0.3) is 0 Å². The van der Waals surface area contributed by atoms with Gasteiger partial charge in [0, 0.05) is 0 Å². The molecule has 0 unspecified atom stereocenters. The van der Waals surface area contributed by atoms with Crippen LogP contribution in [-0.4, -0.2) is 5.43 Å². The fraction of sp³-hybridized carbons (Fsp3) is 0.176. The van der Waals surface area contributed by atoms with E-state index in [1.54, 1.807) is 23.3 Å². The number of fused-ring (bicyclic) bond motifs is 4. The van der Waals surface area contributed by atoms with E-state index in [2.05, 4.69) is 138 Å². The van der Waals surface area contributed by atoms with Crippen molar-refractivity contribution in [3.05, 3.63) is 119 Å². The van der Waals surface area contributed by atoms with Gasteiger partial charge in [-0.3, -0.25) is 0 Å². The molecule has 0 saturated heterocycles. The summed E-state index contributed by atoms with van der Waals surface area (Å²) in [5.41, 5.74) is 8.60. The topological polar surface area (TPSA) is 0 Å². The van der Waals surface area contributed by atoms with Crippen LogP contribution >= 0.6 is 0 Å². The van der Waals surface area contributed by atoms with E-state index in [0.29, 0.717) is 0 Å². The monoisotopic (exact) mass is 560 g/mol. The molecule has 0 aromatic heterocycles. The largest absolute Gasteiger partial charge is 0.196 e. The molecule has 6 rings (SSSR count). The second-order valence-corrected chi connectivity index (χ2v) is 19.2. The molecule has 0 atom stereocenters. The van der Waals surface area contributed by atoms with Crippen molar-refractivity contribution in [2.24, 2.45) is 0 Å². The molecule has 6 aromatic carbocycles. The molecular weight excluding hydrogens is 528 g/mol. The van der Waals surface area contributed by atoms with Gasteiger partial charge in [-0.2, -0.15) is 28.3 Å². The first-order valence-corrected chi connectivity index (χ1v) is 18.7. The Morgan fingerprint density at radius 1 is 0.611 bits per heavy atom. The maximum atomic E-state index is 2.33. The van der Waals surface area contributed by atoms with Crippen LogP contribution in [0.25, 0.3) is 43.4 Å². The van der Waals surface area contributed by atoms with Crippen molar-refractivity contribution in [1.29, 1.82) is 0 Å². The zero-order valence-corrected chi connectivity index (χ0v) is 25.7. The standard InChI is InChI=1S/C23H15.C9H13.C2H6Si.Zr/c1-3-9-18-16(7-1)13-14-22(18)23-15-17-8-2-4-10-19(17)20-11-5-6-12-21(20)23;1-6-5-7(2)9(4)8(6)3;1-3-2;/h1-15H;5H,1-4H3;1-2H3;/q2*-1;;+2. The van der Waals surface area contributed by atoms with Crippen molar-refractivity contribution in [2.75, 3.05) is 0 Å². The third-order valence-electron chi connectivity index (χ3n) is 6.92. The van der Waals surface area contributed by atoms with Crippen LogP contribution < -0.4 is 0 Å². The summed E-state index contributed by atoms with van der Waals surface area (Å²) in [6.07, 6.45) is 0. The molecule has 6 aromatic rings. The van der Waals surface area contributed by atoms with Gasteiger partial charge in [-0.05, 0) is 21.5 Å². The summed E-state index contributed by atoms with van der Waals surface area (Å²) in [6.45, 7) is 13.3. The van der Waals surface area contributed by atoms with Crippen LogP contribution in [-0.2, 0) is 23.3 Å². The molecule has 0 fully saturated rings. The number of rotatable bonds is 1. The number of hydrogen-bond acceptors (Lipinski definition) is 0. The quantitative estimate of drug-likeness (QED) is 0.106. The van der Waals surface area contributed by atoms with Crippen molar-refractivity contribution in [3.63, 3.8) is 0 Å². The second kappa shape index (κ2) is 11.7. The number of aryl methyl sites for hydroxylation is 2. The summed E-state index contributed by atoms with van der Waals surface area (Å²) in [6, 6.07) is 35.0. The zero-order valence-electron chi connectivity index (χ0n) is 22.2. The number of benzene rings is 4. The normalized spacial score (nSPS) is 10.7. The molecule has 0 nitrogen and oxygen atoms in total. The summed E-state index contributed by atoms with van der Waals surface area (Å²) in [7, 11) is 0. The Bertz CT molecular complexity index is 1640. The maximum Gasteiger partial charge on any atom is -0.0106 e. The van der Waals surface area contributed by atoms with Crippen LogP contribution in [0.2, 0.25) is 13.1 Å². The van der Waals surface area contributed by atoms with Crippen LogP contribution in [0.4, 0.5) is 0 Å². The molecule has 178 valence electrons. The van der Waals surface area contributed by atoms with Gasteiger partial charge in [0.05, 0.1) is 0 Å². The van der Waals surface area contributed by atoms with E-state index in [0.717, 1.165) is 0 Å². The molecule has 0 saturated carbocycles. The first-order chi connectivity index (χ1) is 17.3. The molecule has 0 radical (unpaired) electrons. The fourth-order valence-corrected chi connectivity index (χ4v) is 4.80. The third kappa shape index (κ3) is 5.72. The van der Waals surface area contributed by atoms with Crippen LogP contribution in [0.5, 0.6) is 0 Å². The van der Waals surface area contributed by atoms with Crippen LogP contribution in [0.3, 0.4) is 0 Å².